The molecule has 1 aliphatic rings. The highest BCUT2D eigenvalue weighted by molar-refractivity contribution is 6.34. The molecule has 2 aromatic heterocycles. The van der Waals surface area contributed by atoms with Crippen LogP contribution < -0.4 is 19.7 Å². The van der Waals surface area contributed by atoms with Crippen LogP contribution in [0.15, 0.2) is 69.7 Å². The molecule has 0 aliphatic carbocycles. The average molecular weight is 962 g/mol. The number of nitrogens with one attached hydrogen (secondary N) is 1. The molecular weight excluding hydrogens is 913 g/mol. The smallest absolute Gasteiger partial charge is 0.437 e. The van der Waals surface area contributed by atoms with Gasteiger partial charge in [-0.15, -0.1) is 0 Å². The molecule has 1 fully saturated rings. The van der Waals surface area contributed by atoms with Crippen molar-refractivity contribution >= 4 is 67.9 Å². The number of alkyl halides is 6. The number of nitrogens with zero attached hydrogens (tertiary/aromatic N) is 5. The minimum absolute atomic E-state index is 0.0551. The molecule has 3 heterocycles. The summed E-state index contributed by atoms with van der Waals surface area (Å²) in [7, 11) is 1.89. The van der Waals surface area contributed by atoms with Gasteiger partial charge in [-0.3, -0.25) is 0 Å². The molecule has 1 aliphatic heterocycles. The fraction of sp³-hybridized carbons (Fsp3) is 0.404. The van der Waals surface area contributed by atoms with Crippen LogP contribution in [0.3, 0.4) is 0 Å². The van der Waals surface area contributed by atoms with Gasteiger partial charge in [0.15, 0.2) is 33.9 Å². The zero-order chi connectivity index (χ0) is 47.9. The molecule has 0 spiro atoms. The molecule has 0 atom stereocenters. The lowest BCUT2D eigenvalue weighted by Crippen LogP contribution is -2.20. The van der Waals surface area contributed by atoms with E-state index in [1.807, 2.05) is 25.8 Å². The number of anilines is 2. The summed E-state index contributed by atoms with van der Waals surface area (Å²) in [6.45, 7) is 21.8. The third kappa shape index (κ3) is 13.6. The summed E-state index contributed by atoms with van der Waals surface area (Å²) >= 11 is 12.4. The molecule has 7 rings (SSSR count). The minimum atomic E-state index is -4.57. The Morgan fingerprint density at radius 1 is 0.712 bits per heavy atom. The van der Waals surface area contributed by atoms with Crippen molar-refractivity contribution < 1.29 is 49.6 Å². The van der Waals surface area contributed by atoms with E-state index in [0.29, 0.717) is 96.0 Å². The monoisotopic (exact) mass is 960 g/mol. The van der Waals surface area contributed by atoms with Crippen molar-refractivity contribution in [3.05, 3.63) is 116 Å². The van der Waals surface area contributed by atoms with Crippen LogP contribution in [0.5, 0.6) is 11.5 Å². The second-order valence-electron chi connectivity index (χ2n) is 15.0. The Morgan fingerprint density at radius 3 is 1.65 bits per heavy atom. The predicted molar refractivity (Wildman–Crippen MR) is 243 cm³/mol. The summed E-state index contributed by atoms with van der Waals surface area (Å²) in [5.74, 6) is 0.995. The van der Waals surface area contributed by atoms with E-state index in [1.54, 1.807) is 42.5 Å². The molecule has 0 unspecified atom stereocenters. The van der Waals surface area contributed by atoms with Gasteiger partial charge in [-0.05, 0) is 87.1 Å². The van der Waals surface area contributed by atoms with E-state index >= 15 is 0 Å². The topological polar surface area (TPSA) is 104 Å². The van der Waals surface area contributed by atoms with Gasteiger partial charge in [0.25, 0.3) is 0 Å². The summed E-state index contributed by atoms with van der Waals surface area (Å²) in [6.07, 6.45) is -2.83. The van der Waals surface area contributed by atoms with Gasteiger partial charge in [-0.25, -0.2) is 9.69 Å². The zero-order valence-electron chi connectivity index (χ0n) is 36.5. The summed E-state index contributed by atoms with van der Waals surface area (Å²) in [4.78, 5) is 8.63. The Hall–Kier alpha value is -5.88. The summed E-state index contributed by atoms with van der Waals surface area (Å²) < 4.78 is 105. The highest BCUT2D eigenvalue weighted by Gasteiger charge is 2.39. The number of hydrogen-bond donors (Lipinski definition) is 1. The lowest BCUT2D eigenvalue weighted by Gasteiger charge is -2.21. The Bertz CT molecular complexity index is 2610. The van der Waals surface area contributed by atoms with E-state index in [4.69, 9.17) is 59.6 Å². The van der Waals surface area contributed by atoms with Crippen LogP contribution >= 0.6 is 23.2 Å². The number of halogens is 8. The number of benzene rings is 4. The highest BCUT2D eigenvalue weighted by atomic mass is 35.5. The standard InChI is InChI=1S/C22H21ClF3N3O2.C21H19ClF3N3O2.C4H8O/c1-4-6-15-19(10-8-16-20(15)31-28-21(16)22(24,25)26)30-12-5-11-29(3)18-9-7-14(27-2)13-17(18)23;1-3-5-14-18(9-7-15-19(14)30-28-20(15)21(23,24)25)29-11-4-10-27-17-8-6-13(26-2)12-16(17)22;1-2-4-5-3-1/h7-10,13H,4-6,11-12H2,1,3H3;6-9,12,27H,3-5,10-11H2,1H3;1-4H2. The van der Waals surface area contributed by atoms with E-state index in [0.717, 1.165) is 37.4 Å². The number of fused-ring (bicyclic) bond motifs is 2. The molecular formula is C47H48Cl2F6N6O5. The van der Waals surface area contributed by atoms with Gasteiger partial charge < -0.3 is 33.5 Å². The molecule has 0 radical (unpaired) electrons. The second-order valence-corrected chi connectivity index (χ2v) is 15.8. The fourth-order valence-electron chi connectivity index (χ4n) is 6.92. The lowest BCUT2D eigenvalue weighted by molar-refractivity contribution is -0.142. The van der Waals surface area contributed by atoms with Gasteiger partial charge in [-0.2, -0.15) is 26.3 Å². The van der Waals surface area contributed by atoms with Gasteiger partial charge in [0.1, 0.15) is 11.5 Å². The first-order valence-corrected chi connectivity index (χ1v) is 22.0. The summed E-state index contributed by atoms with van der Waals surface area (Å²) in [5, 5.41) is 10.5. The first-order chi connectivity index (χ1) is 31.6. The Morgan fingerprint density at radius 2 is 1.21 bits per heavy atom. The largest absolute Gasteiger partial charge is 0.493 e. The number of aromatic nitrogens is 2. The van der Waals surface area contributed by atoms with E-state index in [1.165, 1.54) is 31.0 Å². The summed E-state index contributed by atoms with van der Waals surface area (Å²) in [6, 6.07) is 15.9. The van der Waals surface area contributed by atoms with Crippen molar-refractivity contribution in [3.63, 3.8) is 0 Å². The van der Waals surface area contributed by atoms with Gasteiger partial charge in [0.05, 0.1) is 58.6 Å². The fourth-order valence-corrected chi connectivity index (χ4v) is 7.48. The Balaban J connectivity index is 0.000000223. The first kappa shape index (κ1) is 51.1. The molecule has 19 heteroatoms. The van der Waals surface area contributed by atoms with E-state index < -0.39 is 23.7 Å². The predicted octanol–water partition coefficient (Wildman–Crippen LogP) is 14.6. The minimum Gasteiger partial charge on any atom is -0.493 e. The van der Waals surface area contributed by atoms with Gasteiger partial charge in [-0.1, -0.05) is 72.3 Å². The third-order valence-electron chi connectivity index (χ3n) is 10.1. The first-order valence-electron chi connectivity index (χ1n) is 21.2. The average Bonchev–Trinajstić information content (AvgIpc) is 4.10. The molecule has 11 nitrogen and oxygen atoms in total. The summed E-state index contributed by atoms with van der Waals surface area (Å²) in [5.41, 5.74) is 1.85. The molecule has 4 aromatic carbocycles. The van der Waals surface area contributed by atoms with E-state index in [-0.39, 0.29) is 21.9 Å². The maximum Gasteiger partial charge on any atom is 0.437 e. The van der Waals surface area contributed by atoms with Crippen LogP contribution in [-0.2, 0) is 29.9 Å². The number of ether oxygens (including phenoxy) is 3. The van der Waals surface area contributed by atoms with Crippen LogP contribution in [0.2, 0.25) is 10.0 Å². The van der Waals surface area contributed by atoms with Gasteiger partial charge in [0.2, 0.25) is 0 Å². The van der Waals surface area contributed by atoms with Gasteiger partial charge >= 0.3 is 12.4 Å². The Labute approximate surface area is 388 Å². The van der Waals surface area contributed by atoms with Gasteiger partial charge in [0, 0.05) is 44.5 Å². The molecule has 0 bridgehead atoms. The van der Waals surface area contributed by atoms with Crippen molar-refractivity contribution in [2.75, 3.05) is 56.8 Å². The molecule has 66 heavy (non-hydrogen) atoms. The van der Waals surface area contributed by atoms with Crippen LogP contribution in [0.1, 0.15) is 74.9 Å². The maximum absolute atomic E-state index is 13.1. The van der Waals surface area contributed by atoms with Crippen molar-refractivity contribution in [3.8, 4) is 11.5 Å². The normalized spacial score (nSPS) is 12.4. The van der Waals surface area contributed by atoms with Crippen LogP contribution in [0, 0.1) is 13.1 Å². The second kappa shape index (κ2) is 24.1. The lowest BCUT2D eigenvalue weighted by atomic mass is 10.0. The van der Waals surface area contributed by atoms with Crippen LogP contribution in [0.4, 0.5) is 49.1 Å². The van der Waals surface area contributed by atoms with Crippen molar-refractivity contribution in [1.82, 2.24) is 10.3 Å². The van der Waals surface area contributed by atoms with Crippen molar-refractivity contribution in [2.45, 2.75) is 77.6 Å². The molecule has 0 saturated carbocycles. The number of aryl methyl sites for hydroxylation is 2. The van der Waals surface area contributed by atoms with Crippen LogP contribution in [-0.4, -0.2) is 56.9 Å². The molecule has 1 N–H and O–H groups in total. The van der Waals surface area contributed by atoms with Crippen molar-refractivity contribution in [1.29, 1.82) is 0 Å². The molecule has 1 saturated heterocycles. The molecule has 0 amide bonds. The van der Waals surface area contributed by atoms with E-state index in [2.05, 4.69) is 25.3 Å². The van der Waals surface area contributed by atoms with E-state index in [9.17, 15) is 26.3 Å². The Kier molecular flexibility index (Phi) is 18.6. The highest BCUT2D eigenvalue weighted by Crippen LogP contribution is 2.40. The SMILES string of the molecule is C1CCOC1.[C-]#[N+]c1ccc(N(C)CCCOc2ccc3c(C(F)(F)F)noc3c2CCC)c(Cl)c1.[C-]#[N+]c1ccc(NCCCOc2ccc3c(C(F)(F)F)noc3c2CCC)c(Cl)c1. The van der Waals surface area contributed by atoms with Crippen LogP contribution in [0.25, 0.3) is 31.6 Å². The quantitative estimate of drug-likeness (QED) is 0.0577. The third-order valence-corrected chi connectivity index (χ3v) is 10.7. The van der Waals surface area contributed by atoms with Crippen molar-refractivity contribution in [2.24, 2.45) is 0 Å². The number of hydrogen-bond acceptors (Lipinski definition) is 9. The number of rotatable bonds is 16. The molecule has 352 valence electrons. The molecule has 6 aromatic rings. The zero-order valence-corrected chi connectivity index (χ0v) is 38.0. The maximum atomic E-state index is 13.1.